The summed E-state index contributed by atoms with van der Waals surface area (Å²) in [5.41, 5.74) is 1.21. The number of amides is 1. The summed E-state index contributed by atoms with van der Waals surface area (Å²) in [5, 5.41) is 13.8. The molecular weight excluding hydrogens is 298 g/mol. The number of hydrogen-bond donors (Lipinski definition) is 2. The Labute approximate surface area is 134 Å². The van der Waals surface area contributed by atoms with Crippen LogP contribution in [-0.2, 0) is 0 Å². The number of fused-ring (bicyclic) bond motifs is 1. The molecule has 0 spiro atoms. The molecule has 0 saturated heterocycles. The maximum Gasteiger partial charge on any atom is 0.272 e. The van der Waals surface area contributed by atoms with Crippen molar-refractivity contribution >= 4 is 23.2 Å². The Morgan fingerprint density at radius 3 is 3.00 bits per heavy atom. The van der Waals surface area contributed by atoms with Gasteiger partial charge in [-0.1, -0.05) is 30.7 Å². The summed E-state index contributed by atoms with van der Waals surface area (Å²) in [4.78, 5) is 16.8. The number of nitrogens with zero attached hydrogens (tertiary/aromatic N) is 2. The second kappa shape index (κ2) is 6.71. The van der Waals surface area contributed by atoms with Crippen LogP contribution in [0, 0.1) is 5.92 Å². The first kappa shape index (κ1) is 15.4. The molecule has 5 nitrogen and oxygen atoms in total. The molecule has 2 aromatic heterocycles. The lowest BCUT2D eigenvalue weighted by Crippen LogP contribution is -2.35. The van der Waals surface area contributed by atoms with E-state index < -0.39 is 6.10 Å². The van der Waals surface area contributed by atoms with E-state index in [-0.39, 0.29) is 5.91 Å². The summed E-state index contributed by atoms with van der Waals surface area (Å²) in [6.45, 7) is 0.296. The zero-order valence-corrected chi connectivity index (χ0v) is 13.5. The molecule has 118 valence electrons. The van der Waals surface area contributed by atoms with Gasteiger partial charge in [-0.25, -0.2) is 4.98 Å². The molecule has 3 rings (SSSR count). The van der Waals surface area contributed by atoms with Crippen LogP contribution in [0.4, 0.5) is 0 Å². The van der Waals surface area contributed by atoms with Crippen LogP contribution < -0.4 is 5.32 Å². The van der Waals surface area contributed by atoms with Crippen molar-refractivity contribution in [2.75, 3.05) is 12.8 Å². The van der Waals surface area contributed by atoms with Crippen LogP contribution in [0.3, 0.4) is 0 Å². The van der Waals surface area contributed by atoms with E-state index in [0.29, 0.717) is 18.2 Å². The fourth-order valence-corrected chi connectivity index (χ4v) is 3.65. The van der Waals surface area contributed by atoms with Gasteiger partial charge in [-0.2, -0.15) is 0 Å². The quantitative estimate of drug-likeness (QED) is 0.830. The monoisotopic (exact) mass is 319 g/mol. The largest absolute Gasteiger partial charge is 0.391 e. The number of hydrogen-bond acceptors (Lipinski definition) is 4. The van der Waals surface area contributed by atoms with Crippen LogP contribution in [0.25, 0.3) is 5.52 Å². The Morgan fingerprint density at radius 1 is 1.50 bits per heavy atom. The molecule has 1 aliphatic rings. The van der Waals surface area contributed by atoms with Crippen LogP contribution >= 0.6 is 11.8 Å². The van der Waals surface area contributed by atoms with Gasteiger partial charge in [0.2, 0.25) is 0 Å². The van der Waals surface area contributed by atoms with Gasteiger partial charge in [-0.15, -0.1) is 0 Å². The maximum absolute atomic E-state index is 12.4. The molecule has 1 atom stereocenters. The number of carbonyl (C=O) groups excluding carboxylic acids is 1. The van der Waals surface area contributed by atoms with E-state index in [4.69, 9.17) is 0 Å². The predicted octanol–water partition coefficient (Wildman–Crippen LogP) is 2.34. The van der Waals surface area contributed by atoms with Gasteiger partial charge in [0.25, 0.3) is 5.91 Å². The van der Waals surface area contributed by atoms with Crippen LogP contribution in [0.5, 0.6) is 0 Å². The van der Waals surface area contributed by atoms with Crippen molar-refractivity contribution in [2.24, 2.45) is 5.92 Å². The average Bonchev–Trinajstić information content (AvgIpc) is 3.19. The van der Waals surface area contributed by atoms with E-state index in [2.05, 4.69) is 10.3 Å². The molecule has 22 heavy (non-hydrogen) atoms. The summed E-state index contributed by atoms with van der Waals surface area (Å²) in [6, 6.07) is 5.69. The molecule has 2 aromatic rings. The average molecular weight is 319 g/mol. The summed E-state index contributed by atoms with van der Waals surface area (Å²) in [6.07, 6.45) is 7.85. The topological polar surface area (TPSA) is 66.6 Å². The molecule has 2 N–H and O–H groups in total. The number of aromatic nitrogens is 2. The van der Waals surface area contributed by atoms with Crippen LogP contribution in [0.1, 0.15) is 36.2 Å². The van der Waals surface area contributed by atoms with Gasteiger partial charge in [-0.3, -0.25) is 9.20 Å². The summed E-state index contributed by atoms with van der Waals surface area (Å²) >= 11 is 1.50. The third-order valence-corrected chi connectivity index (χ3v) is 4.98. The maximum atomic E-state index is 12.4. The first-order valence-corrected chi connectivity index (χ1v) is 8.90. The van der Waals surface area contributed by atoms with Gasteiger partial charge in [0, 0.05) is 12.7 Å². The van der Waals surface area contributed by atoms with Gasteiger partial charge >= 0.3 is 0 Å². The van der Waals surface area contributed by atoms with E-state index in [0.717, 1.165) is 23.5 Å². The van der Waals surface area contributed by atoms with E-state index in [1.54, 1.807) is 0 Å². The van der Waals surface area contributed by atoms with Crippen LogP contribution in [0.2, 0.25) is 0 Å². The highest BCUT2D eigenvalue weighted by atomic mass is 32.2. The first-order chi connectivity index (χ1) is 10.7. The number of aliphatic hydroxyl groups excluding tert-OH is 1. The minimum absolute atomic E-state index is 0.221. The molecule has 0 radical (unpaired) electrons. The number of carbonyl (C=O) groups is 1. The van der Waals surface area contributed by atoms with Gasteiger partial charge in [0.05, 0.1) is 11.6 Å². The lowest BCUT2D eigenvalue weighted by atomic mass is 10.0. The van der Waals surface area contributed by atoms with Crippen molar-refractivity contribution in [3.8, 4) is 0 Å². The standard InChI is InChI=1S/C16H21N3O2S/c1-22-16-18-14(12-8-4-5-9-19(12)16)15(21)17-10-13(20)11-6-2-3-7-11/h4-5,8-9,11,13,20H,2-3,6-7,10H2,1H3,(H,17,21). The Balaban J connectivity index is 1.72. The molecule has 1 unspecified atom stereocenters. The predicted molar refractivity (Wildman–Crippen MR) is 87.3 cm³/mol. The fraction of sp³-hybridized carbons (Fsp3) is 0.500. The summed E-state index contributed by atoms with van der Waals surface area (Å²) in [7, 11) is 0. The Kier molecular flexibility index (Phi) is 4.69. The summed E-state index contributed by atoms with van der Waals surface area (Å²) in [5.74, 6) is 0.0989. The number of nitrogens with one attached hydrogen (secondary N) is 1. The van der Waals surface area contributed by atoms with Crippen molar-refractivity contribution < 1.29 is 9.90 Å². The molecule has 6 heteroatoms. The number of rotatable bonds is 5. The van der Waals surface area contributed by atoms with E-state index in [1.807, 2.05) is 35.1 Å². The third-order valence-electron chi connectivity index (χ3n) is 4.33. The SMILES string of the molecule is CSc1nc(C(=O)NCC(O)C2CCCC2)c2ccccn12. The van der Waals surface area contributed by atoms with Crippen LogP contribution in [0.15, 0.2) is 29.6 Å². The second-order valence-corrected chi connectivity index (χ2v) is 6.50. The van der Waals surface area contributed by atoms with Crippen molar-refractivity contribution in [2.45, 2.75) is 36.9 Å². The molecule has 1 amide bonds. The lowest BCUT2D eigenvalue weighted by molar-refractivity contribution is 0.0838. The molecule has 0 aliphatic heterocycles. The summed E-state index contributed by atoms with van der Waals surface area (Å²) < 4.78 is 1.91. The van der Waals surface area contributed by atoms with Gasteiger partial charge in [0.15, 0.2) is 10.9 Å². The van der Waals surface area contributed by atoms with E-state index >= 15 is 0 Å². The van der Waals surface area contributed by atoms with Crippen LogP contribution in [-0.4, -0.2) is 39.3 Å². The third kappa shape index (κ3) is 2.98. The van der Waals surface area contributed by atoms with Crippen molar-refractivity contribution in [3.63, 3.8) is 0 Å². The van der Waals surface area contributed by atoms with Crippen molar-refractivity contribution in [1.29, 1.82) is 0 Å². The molecular formula is C16H21N3O2S. The number of aliphatic hydroxyl groups is 1. The Bertz CT molecular complexity index is 664. The normalized spacial score (nSPS) is 17.0. The number of imidazole rings is 1. The Hall–Kier alpha value is -1.53. The highest BCUT2D eigenvalue weighted by molar-refractivity contribution is 7.98. The Morgan fingerprint density at radius 2 is 2.27 bits per heavy atom. The van der Waals surface area contributed by atoms with Gasteiger partial charge in [0.1, 0.15) is 0 Å². The number of pyridine rings is 1. The van der Waals surface area contributed by atoms with Gasteiger partial charge < -0.3 is 10.4 Å². The van der Waals surface area contributed by atoms with E-state index in [1.165, 1.54) is 24.6 Å². The molecule has 1 fully saturated rings. The lowest BCUT2D eigenvalue weighted by Gasteiger charge is -2.17. The fourth-order valence-electron chi connectivity index (χ4n) is 3.11. The van der Waals surface area contributed by atoms with Crippen molar-refractivity contribution in [3.05, 3.63) is 30.1 Å². The number of thioether (sulfide) groups is 1. The first-order valence-electron chi connectivity index (χ1n) is 7.68. The highest BCUT2D eigenvalue weighted by Crippen LogP contribution is 2.27. The molecule has 1 aliphatic carbocycles. The zero-order valence-electron chi connectivity index (χ0n) is 12.7. The van der Waals surface area contributed by atoms with E-state index in [9.17, 15) is 9.90 Å². The molecule has 0 aromatic carbocycles. The second-order valence-electron chi connectivity index (χ2n) is 5.72. The zero-order chi connectivity index (χ0) is 15.5. The molecule has 1 saturated carbocycles. The molecule has 2 heterocycles. The molecule has 0 bridgehead atoms. The van der Waals surface area contributed by atoms with Gasteiger partial charge in [-0.05, 0) is 37.1 Å². The highest BCUT2D eigenvalue weighted by Gasteiger charge is 2.24. The minimum atomic E-state index is -0.458. The smallest absolute Gasteiger partial charge is 0.272 e. The minimum Gasteiger partial charge on any atom is -0.391 e. The van der Waals surface area contributed by atoms with Crippen molar-refractivity contribution in [1.82, 2.24) is 14.7 Å².